The minimum absolute atomic E-state index is 0.0616. The van der Waals surface area contributed by atoms with Crippen molar-refractivity contribution in [1.29, 1.82) is 0 Å². The summed E-state index contributed by atoms with van der Waals surface area (Å²) in [5.41, 5.74) is 0.978. The Balaban J connectivity index is 0.000000338. The molecule has 2 bridgehead atoms. The molecule has 3 aliphatic carbocycles. The van der Waals surface area contributed by atoms with Gasteiger partial charge in [0.1, 0.15) is 18.1 Å². The van der Waals surface area contributed by atoms with E-state index in [9.17, 15) is 23.4 Å². The second-order valence-corrected chi connectivity index (χ2v) is 11.4. The monoisotopic (exact) mass is 513 g/mol. The van der Waals surface area contributed by atoms with Crippen LogP contribution in [0.4, 0.5) is 13.2 Å². The highest BCUT2D eigenvalue weighted by atomic mass is 19.4. The Morgan fingerprint density at radius 3 is 2.58 bits per heavy atom. The number of rotatable bonds is 5. The van der Waals surface area contributed by atoms with Crippen LogP contribution in [0.25, 0.3) is 0 Å². The van der Waals surface area contributed by atoms with Gasteiger partial charge in [0.15, 0.2) is 17.1 Å². The van der Waals surface area contributed by atoms with Crippen molar-refractivity contribution in [3.05, 3.63) is 23.3 Å². The van der Waals surface area contributed by atoms with Crippen molar-refractivity contribution in [2.45, 2.75) is 87.3 Å². The second kappa shape index (κ2) is 8.49. The summed E-state index contributed by atoms with van der Waals surface area (Å²) < 4.78 is 45.3. The molecule has 2 aliphatic heterocycles. The van der Waals surface area contributed by atoms with Crippen LogP contribution in [-0.2, 0) is 21.4 Å². The molecule has 5 aliphatic rings. The molecule has 6 rings (SSSR count). The SMILES string of the molecule is CCCOC1CC[C@@H]2Oc3c(O)ccc4c3[C@@]23CC[N@+](C)(CC2CC2)[C@H](C4)C13O.O=C([O-])C(F)(F)F. The van der Waals surface area contributed by atoms with Crippen molar-refractivity contribution in [1.82, 2.24) is 0 Å². The molecule has 0 amide bonds. The van der Waals surface area contributed by atoms with Gasteiger partial charge in [0, 0.05) is 30.9 Å². The Morgan fingerprint density at radius 1 is 1.28 bits per heavy atom. The first-order chi connectivity index (χ1) is 16.9. The average Bonchev–Trinajstić information content (AvgIpc) is 3.54. The number of carbonyl (C=O) groups is 1. The van der Waals surface area contributed by atoms with Crippen molar-refractivity contribution in [2.75, 3.05) is 26.7 Å². The molecule has 1 spiro atoms. The van der Waals surface area contributed by atoms with Crippen molar-refractivity contribution >= 4 is 5.97 Å². The van der Waals surface area contributed by atoms with Crippen LogP contribution in [0.5, 0.6) is 11.5 Å². The van der Waals surface area contributed by atoms with E-state index >= 15 is 0 Å². The minimum Gasteiger partial charge on any atom is -0.542 e. The van der Waals surface area contributed by atoms with Crippen LogP contribution in [0.15, 0.2) is 12.1 Å². The smallest absolute Gasteiger partial charge is 0.430 e. The number of halogens is 3. The molecule has 1 aromatic rings. The predicted octanol–water partition coefficient (Wildman–Crippen LogP) is 2.19. The van der Waals surface area contributed by atoms with Crippen LogP contribution in [0.3, 0.4) is 0 Å². The molecular weight excluding hydrogens is 479 g/mol. The van der Waals surface area contributed by atoms with Crippen molar-refractivity contribution in [3.8, 4) is 11.5 Å². The van der Waals surface area contributed by atoms with Gasteiger partial charge in [0.25, 0.3) is 0 Å². The molecule has 1 saturated heterocycles. The first-order valence-electron chi connectivity index (χ1n) is 12.9. The Labute approximate surface area is 208 Å². The zero-order valence-electron chi connectivity index (χ0n) is 20.6. The van der Waals surface area contributed by atoms with Crippen LogP contribution in [0.2, 0.25) is 0 Å². The highest BCUT2D eigenvalue weighted by molar-refractivity contribution is 5.70. The maximum Gasteiger partial charge on any atom is 0.430 e. The van der Waals surface area contributed by atoms with Gasteiger partial charge in [-0.3, -0.25) is 0 Å². The number of carboxylic acids is 1. The number of piperidine rings is 1. The number of benzene rings is 1. The van der Waals surface area contributed by atoms with E-state index in [0.29, 0.717) is 12.4 Å². The standard InChI is InChI=1S/C24H33NO4.C2HF3O2/c1-3-12-28-20-9-8-19-23-10-11-25(2,14-15-4-5-15)18(24(20,23)27)13-16-6-7-17(26)22(29-19)21(16)23;3-2(4,5)1(6)7/h6-7,15,18-20,27H,3-5,8-14H2,1-2H3;(H,6,7)/t18-,19+,20?,23-,24?,25-;/m1./s1. The average molecular weight is 514 g/mol. The fourth-order valence-electron chi connectivity index (χ4n) is 7.59. The molecule has 2 heterocycles. The number of phenolic OH excluding ortho intramolecular Hbond substituents is 1. The summed E-state index contributed by atoms with van der Waals surface area (Å²) in [6.07, 6.45) is 1.66. The number of ether oxygens (including phenoxy) is 2. The fourth-order valence-corrected chi connectivity index (χ4v) is 7.59. The molecule has 2 N–H and O–H groups in total. The number of likely N-dealkylation sites (tertiary alicyclic amines) is 1. The van der Waals surface area contributed by atoms with Gasteiger partial charge >= 0.3 is 6.18 Å². The molecule has 0 radical (unpaired) electrons. The van der Waals surface area contributed by atoms with Crippen molar-refractivity contribution in [3.63, 3.8) is 0 Å². The molecule has 6 atom stereocenters. The quantitative estimate of drug-likeness (QED) is 0.586. The first kappa shape index (κ1) is 25.6. The number of likely N-dealkylation sites (N-methyl/N-ethyl adjacent to an activating group) is 1. The summed E-state index contributed by atoms with van der Waals surface area (Å²) in [7, 11) is 2.37. The second-order valence-electron chi connectivity index (χ2n) is 11.4. The number of quaternary nitrogens is 1. The van der Waals surface area contributed by atoms with Crippen LogP contribution in [0, 0.1) is 5.92 Å². The van der Waals surface area contributed by atoms with Gasteiger partial charge < -0.3 is 34.1 Å². The third-order valence-corrected chi connectivity index (χ3v) is 9.19. The molecule has 1 aromatic carbocycles. The van der Waals surface area contributed by atoms with E-state index in [1.54, 1.807) is 6.07 Å². The normalized spacial score (nSPS) is 37.9. The lowest BCUT2D eigenvalue weighted by Gasteiger charge is -2.66. The molecular formula is C26H34F3NO6. The molecule has 36 heavy (non-hydrogen) atoms. The molecule has 200 valence electrons. The number of aliphatic hydroxyl groups is 1. The molecule has 2 saturated carbocycles. The van der Waals surface area contributed by atoms with E-state index in [0.717, 1.165) is 61.2 Å². The van der Waals surface area contributed by atoms with Crippen molar-refractivity contribution < 1.29 is 47.2 Å². The largest absolute Gasteiger partial charge is 0.542 e. The van der Waals surface area contributed by atoms with Gasteiger partial charge in [-0.15, -0.1) is 0 Å². The third-order valence-electron chi connectivity index (χ3n) is 9.19. The molecule has 10 heteroatoms. The Kier molecular flexibility index (Phi) is 6.04. The summed E-state index contributed by atoms with van der Waals surface area (Å²) in [5.74, 6) is -1.34. The lowest BCUT2D eigenvalue weighted by atomic mass is 9.47. The molecule has 0 aromatic heterocycles. The summed E-state index contributed by atoms with van der Waals surface area (Å²) in [6, 6.07) is 3.99. The highest BCUT2D eigenvalue weighted by Crippen LogP contribution is 2.66. The maximum atomic E-state index is 12.8. The first-order valence-corrected chi connectivity index (χ1v) is 12.9. The Bertz CT molecular complexity index is 1050. The number of hydrogen-bond acceptors (Lipinski definition) is 6. The zero-order chi connectivity index (χ0) is 26.1. The van der Waals surface area contributed by atoms with Crippen LogP contribution in [-0.4, -0.2) is 77.4 Å². The number of hydrogen-bond donors (Lipinski definition) is 2. The zero-order valence-corrected chi connectivity index (χ0v) is 20.6. The van der Waals surface area contributed by atoms with E-state index in [2.05, 4.69) is 20.0 Å². The number of phenols is 1. The van der Waals surface area contributed by atoms with Crippen LogP contribution >= 0.6 is 0 Å². The summed E-state index contributed by atoms with van der Waals surface area (Å²) in [5, 5.41) is 32.1. The minimum atomic E-state index is -5.19. The number of nitrogens with zero attached hydrogens (tertiary/aromatic N) is 1. The number of carbonyl (C=O) groups excluding carboxylic acids is 1. The van der Waals surface area contributed by atoms with Gasteiger partial charge in [-0.1, -0.05) is 13.0 Å². The highest BCUT2D eigenvalue weighted by Gasteiger charge is 2.77. The van der Waals surface area contributed by atoms with Gasteiger partial charge in [-0.05, 0) is 43.7 Å². The van der Waals surface area contributed by atoms with Gasteiger partial charge in [0.2, 0.25) is 0 Å². The van der Waals surface area contributed by atoms with E-state index < -0.39 is 23.2 Å². The molecule has 7 nitrogen and oxygen atoms in total. The van der Waals surface area contributed by atoms with Gasteiger partial charge in [0.05, 0.1) is 31.7 Å². The Morgan fingerprint density at radius 2 is 1.97 bits per heavy atom. The van der Waals surface area contributed by atoms with Crippen LogP contribution < -0.4 is 9.84 Å². The predicted molar refractivity (Wildman–Crippen MR) is 120 cm³/mol. The summed E-state index contributed by atoms with van der Waals surface area (Å²) >= 11 is 0. The van der Waals surface area contributed by atoms with E-state index in [-0.39, 0.29) is 24.0 Å². The van der Waals surface area contributed by atoms with Gasteiger partial charge in [-0.25, -0.2) is 0 Å². The number of aliphatic carboxylic acids is 1. The number of carboxylic acid groups (broad SMARTS) is 1. The summed E-state index contributed by atoms with van der Waals surface area (Å²) in [4.78, 5) is 8.78. The number of alkyl halides is 3. The molecule has 3 fully saturated rings. The summed E-state index contributed by atoms with van der Waals surface area (Å²) in [6.45, 7) is 5.05. The molecule has 2 unspecified atom stereocenters. The lowest BCUT2D eigenvalue weighted by molar-refractivity contribution is -0.951. The van der Waals surface area contributed by atoms with E-state index in [4.69, 9.17) is 19.4 Å². The van der Waals surface area contributed by atoms with E-state index in [1.165, 1.54) is 18.4 Å². The van der Waals surface area contributed by atoms with Crippen LogP contribution in [0.1, 0.15) is 56.6 Å². The topological polar surface area (TPSA) is 99.1 Å². The number of aromatic hydroxyl groups is 1. The third kappa shape index (κ3) is 3.62. The van der Waals surface area contributed by atoms with Gasteiger partial charge in [-0.2, -0.15) is 13.2 Å². The Hall–Kier alpha value is -2.04. The maximum absolute atomic E-state index is 12.8. The lowest BCUT2D eigenvalue weighted by Crippen LogP contribution is -2.83. The fraction of sp³-hybridized carbons (Fsp3) is 0.731. The van der Waals surface area contributed by atoms with E-state index in [1.807, 2.05) is 0 Å². The van der Waals surface area contributed by atoms with Crippen molar-refractivity contribution in [2.24, 2.45) is 5.92 Å².